The van der Waals surface area contributed by atoms with Crippen LogP contribution in [0, 0.1) is 0 Å². The Labute approximate surface area is 141 Å². The summed E-state index contributed by atoms with van der Waals surface area (Å²) < 4.78 is 0. The number of carbonyl (C=O) groups excluding carboxylic acids is 1. The molecule has 5 heteroatoms. The van der Waals surface area contributed by atoms with Crippen molar-refractivity contribution < 1.29 is 14.7 Å². The molecule has 3 nitrogen and oxygen atoms in total. The largest absolute Gasteiger partial charge is 0.481 e. The lowest BCUT2D eigenvalue weighted by atomic mass is 10.2. The molecule has 0 aliphatic rings. The van der Waals surface area contributed by atoms with Gasteiger partial charge in [0.1, 0.15) is 0 Å². The molecule has 0 saturated heterocycles. The van der Waals surface area contributed by atoms with Crippen LogP contribution in [0.15, 0.2) is 60.7 Å². The number of thioether (sulfide) groups is 1. The monoisotopic (exact) mass is 346 g/mol. The second-order valence-corrected chi connectivity index (χ2v) is 8.66. The number of benzene rings is 2. The average molecular weight is 346 g/mol. The lowest BCUT2D eigenvalue weighted by Gasteiger charge is -2.17. The van der Waals surface area contributed by atoms with Crippen LogP contribution in [0.2, 0.25) is 0 Å². The predicted octanol–water partition coefficient (Wildman–Crippen LogP) is 3.59. The van der Waals surface area contributed by atoms with Crippen LogP contribution in [-0.2, 0) is 9.59 Å². The summed E-state index contributed by atoms with van der Waals surface area (Å²) in [6, 6.07) is 20.5. The number of hydrogen-bond acceptors (Lipinski definition) is 3. The summed E-state index contributed by atoms with van der Waals surface area (Å²) in [5.74, 6) is -0.848. The molecule has 0 bridgehead atoms. The van der Waals surface area contributed by atoms with E-state index in [1.165, 1.54) is 22.4 Å². The third kappa shape index (κ3) is 6.17. The van der Waals surface area contributed by atoms with Crippen molar-refractivity contribution in [3.05, 3.63) is 60.7 Å². The zero-order valence-corrected chi connectivity index (χ0v) is 14.4. The highest BCUT2D eigenvalue weighted by molar-refractivity contribution is 8.18. The smallest absolute Gasteiger partial charge is 0.303 e. The van der Waals surface area contributed by atoms with Crippen molar-refractivity contribution in [3.8, 4) is 0 Å². The summed E-state index contributed by atoms with van der Waals surface area (Å²) in [7, 11) is -0.585. The van der Waals surface area contributed by atoms with Crippen molar-refractivity contribution >= 4 is 41.4 Å². The summed E-state index contributed by atoms with van der Waals surface area (Å²) in [6.07, 6.45) is 0.790. The quantitative estimate of drug-likeness (QED) is 0.742. The van der Waals surface area contributed by atoms with Gasteiger partial charge in [0.25, 0.3) is 0 Å². The highest BCUT2D eigenvalue weighted by atomic mass is 32.2. The van der Waals surface area contributed by atoms with E-state index in [4.69, 9.17) is 5.11 Å². The van der Waals surface area contributed by atoms with Gasteiger partial charge in [0, 0.05) is 18.3 Å². The van der Waals surface area contributed by atoms with E-state index in [-0.39, 0.29) is 11.5 Å². The molecule has 0 radical (unpaired) electrons. The number of aliphatic carboxylic acids is 1. The van der Waals surface area contributed by atoms with Crippen LogP contribution >= 0.6 is 19.7 Å². The molecule has 23 heavy (non-hydrogen) atoms. The minimum Gasteiger partial charge on any atom is -0.481 e. The van der Waals surface area contributed by atoms with E-state index < -0.39 is 13.9 Å². The molecule has 0 fully saturated rings. The van der Waals surface area contributed by atoms with Crippen LogP contribution in [0.25, 0.3) is 0 Å². The van der Waals surface area contributed by atoms with Gasteiger partial charge in [-0.15, -0.1) is 0 Å². The van der Waals surface area contributed by atoms with Gasteiger partial charge in [-0.2, -0.15) is 0 Å². The fraction of sp³-hybridized carbons (Fsp3) is 0.222. The Morgan fingerprint density at radius 1 is 0.870 bits per heavy atom. The van der Waals surface area contributed by atoms with Crippen LogP contribution in [0.5, 0.6) is 0 Å². The molecule has 120 valence electrons. The Balaban J connectivity index is 1.99. The van der Waals surface area contributed by atoms with Gasteiger partial charge in [0.2, 0.25) is 0 Å². The molecule has 0 unspecified atom stereocenters. The molecule has 0 aromatic heterocycles. The fourth-order valence-electron chi connectivity index (χ4n) is 2.11. The summed E-state index contributed by atoms with van der Waals surface area (Å²) in [5.41, 5.74) is 0.731. The van der Waals surface area contributed by atoms with Gasteiger partial charge in [0.15, 0.2) is 5.12 Å². The van der Waals surface area contributed by atoms with E-state index in [0.717, 1.165) is 5.49 Å². The van der Waals surface area contributed by atoms with Crippen LogP contribution in [0.1, 0.15) is 19.3 Å². The lowest BCUT2D eigenvalue weighted by molar-refractivity contribution is -0.137. The molecule has 2 rings (SSSR count). The van der Waals surface area contributed by atoms with Gasteiger partial charge in [-0.3, -0.25) is 9.59 Å². The molecule has 2 aromatic carbocycles. The first kappa shape index (κ1) is 17.7. The minimum absolute atomic E-state index is 0.0540. The standard InChI is InChI=1S/C18H19O3PS/c19-17(20)12-7-13-18(21)23-14-22(15-8-3-1-4-9-15)16-10-5-2-6-11-16/h1-6,8-11H,7,12-14H2,(H,19,20). The molecule has 0 atom stereocenters. The van der Waals surface area contributed by atoms with Gasteiger partial charge in [-0.25, -0.2) is 0 Å². The predicted molar refractivity (Wildman–Crippen MR) is 98.0 cm³/mol. The molecule has 0 heterocycles. The van der Waals surface area contributed by atoms with Crippen molar-refractivity contribution in [3.63, 3.8) is 0 Å². The molecule has 0 aliphatic carbocycles. The average Bonchev–Trinajstić information content (AvgIpc) is 2.57. The van der Waals surface area contributed by atoms with E-state index in [2.05, 4.69) is 24.3 Å². The van der Waals surface area contributed by atoms with Crippen LogP contribution < -0.4 is 10.6 Å². The Bertz CT molecular complexity index is 592. The van der Waals surface area contributed by atoms with E-state index in [0.29, 0.717) is 12.8 Å². The fourth-order valence-corrected chi connectivity index (χ4v) is 6.04. The Kier molecular flexibility index (Phi) is 7.31. The first-order chi connectivity index (χ1) is 11.2. The lowest BCUT2D eigenvalue weighted by Crippen LogP contribution is -2.13. The highest BCUT2D eigenvalue weighted by Gasteiger charge is 2.15. The maximum atomic E-state index is 12.0. The van der Waals surface area contributed by atoms with Crippen molar-refractivity contribution in [1.82, 2.24) is 0 Å². The highest BCUT2D eigenvalue weighted by Crippen LogP contribution is 2.37. The van der Waals surface area contributed by atoms with Crippen molar-refractivity contribution in [1.29, 1.82) is 0 Å². The minimum atomic E-state index is -0.848. The van der Waals surface area contributed by atoms with Gasteiger partial charge in [-0.1, -0.05) is 72.4 Å². The number of rotatable bonds is 8. The van der Waals surface area contributed by atoms with Gasteiger partial charge in [-0.05, 0) is 25.0 Å². The van der Waals surface area contributed by atoms with Gasteiger partial charge >= 0.3 is 5.97 Å². The Morgan fingerprint density at radius 2 is 1.39 bits per heavy atom. The van der Waals surface area contributed by atoms with E-state index in [9.17, 15) is 9.59 Å². The maximum absolute atomic E-state index is 12.0. The Morgan fingerprint density at radius 3 is 1.87 bits per heavy atom. The number of carboxylic acids is 1. The summed E-state index contributed by atoms with van der Waals surface area (Å²) >= 11 is 1.32. The second kappa shape index (κ2) is 9.49. The van der Waals surface area contributed by atoms with Crippen molar-refractivity contribution in [2.24, 2.45) is 0 Å². The molecular weight excluding hydrogens is 327 g/mol. The maximum Gasteiger partial charge on any atom is 0.303 e. The third-order valence-electron chi connectivity index (χ3n) is 3.26. The van der Waals surface area contributed by atoms with E-state index in [1.807, 2.05) is 36.4 Å². The van der Waals surface area contributed by atoms with Gasteiger partial charge in [0.05, 0.1) is 0 Å². The van der Waals surface area contributed by atoms with Crippen molar-refractivity contribution in [2.45, 2.75) is 19.3 Å². The summed E-state index contributed by atoms with van der Waals surface area (Å²) in [4.78, 5) is 22.5. The zero-order chi connectivity index (χ0) is 16.5. The van der Waals surface area contributed by atoms with E-state index >= 15 is 0 Å². The molecule has 0 aliphatic heterocycles. The van der Waals surface area contributed by atoms with Crippen LogP contribution in [0.4, 0.5) is 0 Å². The Hall–Kier alpha value is -1.64. The first-order valence-electron chi connectivity index (χ1n) is 7.42. The number of carboxylic acid groups (broad SMARTS) is 1. The molecule has 0 amide bonds. The van der Waals surface area contributed by atoms with E-state index in [1.54, 1.807) is 0 Å². The zero-order valence-electron chi connectivity index (χ0n) is 12.7. The topological polar surface area (TPSA) is 54.4 Å². The van der Waals surface area contributed by atoms with Gasteiger partial charge < -0.3 is 5.11 Å². The third-order valence-corrected chi connectivity index (χ3v) is 7.18. The second-order valence-electron chi connectivity index (χ2n) is 4.99. The van der Waals surface area contributed by atoms with Crippen molar-refractivity contribution in [2.75, 3.05) is 5.49 Å². The molecular formula is C18H19O3PS. The molecule has 1 N–H and O–H groups in total. The van der Waals surface area contributed by atoms with Crippen LogP contribution in [-0.4, -0.2) is 21.7 Å². The normalized spacial score (nSPS) is 10.7. The summed E-state index contributed by atoms with van der Waals surface area (Å²) in [6.45, 7) is 0. The molecule has 2 aromatic rings. The number of hydrogen-bond donors (Lipinski definition) is 1. The van der Waals surface area contributed by atoms with Crippen LogP contribution in [0.3, 0.4) is 0 Å². The molecule has 0 spiro atoms. The number of carbonyl (C=O) groups is 2. The first-order valence-corrected chi connectivity index (χ1v) is 9.93. The SMILES string of the molecule is O=C(O)CCCC(=O)SCP(c1ccccc1)c1ccccc1. The summed E-state index contributed by atoms with van der Waals surface area (Å²) in [5, 5.41) is 11.2. The molecule has 0 saturated carbocycles.